The second-order valence-corrected chi connectivity index (χ2v) is 17.9. The van der Waals surface area contributed by atoms with Gasteiger partial charge in [-0.3, -0.25) is 33.2 Å². The van der Waals surface area contributed by atoms with E-state index in [9.17, 15) is 27.6 Å². The summed E-state index contributed by atoms with van der Waals surface area (Å²) in [5, 5.41) is 6.81. The molecule has 0 N–H and O–H groups in total. The number of hydrogen-bond acceptors (Lipinski definition) is 9. The summed E-state index contributed by atoms with van der Waals surface area (Å²) in [4.78, 5) is 63.9. The van der Waals surface area contributed by atoms with Gasteiger partial charge in [-0.1, -0.05) is 42.7 Å². The van der Waals surface area contributed by atoms with Gasteiger partial charge in [0.15, 0.2) is 0 Å². The minimum absolute atomic E-state index is 0.0553. The summed E-state index contributed by atoms with van der Waals surface area (Å²) >= 11 is 0. The van der Waals surface area contributed by atoms with Crippen molar-refractivity contribution in [2.45, 2.75) is 63.2 Å². The van der Waals surface area contributed by atoms with E-state index in [1.807, 2.05) is 43.3 Å². The highest BCUT2D eigenvalue weighted by molar-refractivity contribution is 7.86. The van der Waals surface area contributed by atoms with Gasteiger partial charge >= 0.3 is 0 Å². The second-order valence-electron chi connectivity index (χ2n) is 16.3. The van der Waals surface area contributed by atoms with Gasteiger partial charge in [0.05, 0.1) is 22.6 Å². The van der Waals surface area contributed by atoms with E-state index in [2.05, 4.69) is 9.80 Å². The van der Waals surface area contributed by atoms with Gasteiger partial charge in [-0.25, -0.2) is 0 Å². The standard InChI is InChI=1S/C46H44N4O7S/c1-27-11-13-28(14-12-27)58(55,56)57-24-10-4-3-5-23-50-45(53)32-18-16-30-39-35(48-19-6-7-20-48)25-33-37-31(43(51)47(2)44(33)52)17-15-29(41(37)39)40-36(49-21-8-9-22-49)26-34(46(50)54)38(32)42(30)40/h11-18,25-26H,3-10,19-24H2,1-2H3. The SMILES string of the molecule is Cc1ccc(S(=O)(=O)OCCCCCCN2C(=O)c3ccc4c5c(N6CCCC6)cc6c7c(ccc(c8c(N9CCCC9)cc(c3c48)C2=O)c75)C(=O)N(C)C6=O)cc1. The Morgan fingerprint density at radius 1 is 0.552 bits per heavy atom. The van der Waals surface area contributed by atoms with Crippen LogP contribution >= 0.6 is 0 Å². The van der Waals surface area contributed by atoms with E-state index in [4.69, 9.17) is 4.18 Å². The maximum absolute atomic E-state index is 14.6. The number of aryl methyl sites for hydroxylation is 1. The molecular formula is C46H44N4O7S. The first-order valence-electron chi connectivity index (χ1n) is 20.5. The zero-order chi connectivity index (χ0) is 40.0. The van der Waals surface area contributed by atoms with Gasteiger partial charge < -0.3 is 9.80 Å². The van der Waals surface area contributed by atoms with E-state index < -0.39 is 10.1 Å². The van der Waals surface area contributed by atoms with Crippen molar-refractivity contribution in [3.63, 3.8) is 0 Å². The van der Waals surface area contributed by atoms with E-state index in [1.54, 1.807) is 31.3 Å². The smallest absolute Gasteiger partial charge is 0.296 e. The average molecular weight is 797 g/mol. The Balaban J connectivity index is 1.04. The molecule has 0 aromatic heterocycles. The Bertz CT molecular complexity index is 2860. The molecule has 0 saturated carbocycles. The van der Waals surface area contributed by atoms with Crippen molar-refractivity contribution in [3.8, 4) is 0 Å². The van der Waals surface area contributed by atoms with Crippen LogP contribution in [0.15, 0.2) is 65.6 Å². The minimum Gasteiger partial charge on any atom is -0.371 e. The van der Waals surface area contributed by atoms with Crippen molar-refractivity contribution in [2.24, 2.45) is 0 Å². The minimum atomic E-state index is -3.84. The van der Waals surface area contributed by atoms with Crippen LogP contribution < -0.4 is 9.80 Å². The van der Waals surface area contributed by atoms with Crippen LogP contribution in [-0.4, -0.2) is 88.2 Å². The molecule has 4 aliphatic rings. The highest BCUT2D eigenvalue weighted by Gasteiger charge is 2.38. The number of imide groups is 2. The lowest BCUT2D eigenvalue weighted by Gasteiger charge is -2.33. The van der Waals surface area contributed by atoms with E-state index in [-0.39, 0.29) is 41.7 Å². The van der Waals surface area contributed by atoms with Gasteiger partial charge in [0.25, 0.3) is 33.7 Å². The zero-order valence-electron chi connectivity index (χ0n) is 32.7. The molecule has 0 radical (unpaired) electrons. The summed E-state index contributed by atoms with van der Waals surface area (Å²) in [5.74, 6) is -1.28. The normalized spacial score (nSPS) is 17.2. The molecule has 296 valence electrons. The van der Waals surface area contributed by atoms with Crippen LogP contribution in [0.2, 0.25) is 0 Å². The number of fused-ring (bicyclic) bond motifs is 2. The molecule has 6 aromatic rings. The Hall–Kier alpha value is -5.59. The number of carbonyl (C=O) groups is 4. The third-order valence-electron chi connectivity index (χ3n) is 12.8. The molecule has 0 atom stereocenters. The van der Waals surface area contributed by atoms with Crippen LogP contribution in [0.3, 0.4) is 0 Å². The van der Waals surface area contributed by atoms with E-state index in [0.29, 0.717) is 58.7 Å². The number of nitrogens with zero attached hydrogens (tertiary/aromatic N) is 4. The fraction of sp³-hybridized carbons (Fsp3) is 0.348. The summed E-state index contributed by atoms with van der Waals surface area (Å²) in [6, 6.07) is 18.2. The fourth-order valence-corrected chi connectivity index (χ4v) is 10.8. The first-order valence-corrected chi connectivity index (χ1v) is 21.9. The summed E-state index contributed by atoms with van der Waals surface area (Å²) < 4.78 is 30.4. The second kappa shape index (κ2) is 13.8. The lowest BCUT2D eigenvalue weighted by Crippen LogP contribution is -2.41. The Morgan fingerprint density at radius 2 is 1.03 bits per heavy atom. The molecule has 4 heterocycles. The van der Waals surface area contributed by atoms with Crippen LogP contribution in [0.25, 0.3) is 43.1 Å². The molecule has 4 amide bonds. The van der Waals surface area contributed by atoms with Crippen LogP contribution in [0.4, 0.5) is 11.4 Å². The fourth-order valence-electron chi connectivity index (χ4n) is 9.88. The number of carbonyl (C=O) groups excluding carboxylic acids is 4. The number of hydrogen-bond donors (Lipinski definition) is 0. The molecule has 0 spiro atoms. The Labute approximate surface area is 336 Å². The van der Waals surface area contributed by atoms with Gasteiger partial charge in [-0.15, -0.1) is 0 Å². The lowest BCUT2D eigenvalue weighted by molar-refractivity contribution is 0.0602. The molecule has 12 heteroatoms. The van der Waals surface area contributed by atoms with Gasteiger partial charge in [0, 0.05) is 94.6 Å². The molecule has 6 aromatic carbocycles. The van der Waals surface area contributed by atoms with Gasteiger partial charge in [0.1, 0.15) is 0 Å². The molecule has 58 heavy (non-hydrogen) atoms. The van der Waals surface area contributed by atoms with Crippen molar-refractivity contribution in [2.75, 3.05) is 56.2 Å². The number of benzene rings is 6. The largest absolute Gasteiger partial charge is 0.371 e. The van der Waals surface area contributed by atoms with E-state index in [0.717, 1.165) is 101 Å². The van der Waals surface area contributed by atoms with Crippen molar-refractivity contribution in [1.82, 2.24) is 9.80 Å². The molecule has 10 rings (SSSR count). The summed E-state index contributed by atoms with van der Waals surface area (Å²) in [5.41, 5.74) is 4.86. The Kier molecular flexibility index (Phi) is 8.72. The monoisotopic (exact) mass is 796 g/mol. The topological polar surface area (TPSA) is 125 Å². The number of rotatable bonds is 11. The third-order valence-corrected chi connectivity index (χ3v) is 14.1. The van der Waals surface area contributed by atoms with Crippen LogP contribution in [0.1, 0.15) is 98.4 Å². The number of anilines is 2. The maximum atomic E-state index is 14.6. The average Bonchev–Trinajstić information content (AvgIpc) is 3.97. The summed E-state index contributed by atoms with van der Waals surface area (Å²) in [6.45, 7) is 5.53. The predicted octanol–water partition coefficient (Wildman–Crippen LogP) is 8.03. The lowest BCUT2D eigenvalue weighted by atomic mass is 9.80. The molecule has 2 saturated heterocycles. The highest BCUT2D eigenvalue weighted by Crippen LogP contribution is 2.52. The van der Waals surface area contributed by atoms with Crippen LogP contribution in [-0.2, 0) is 14.3 Å². The van der Waals surface area contributed by atoms with Gasteiger partial charge in [0.2, 0.25) is 0 Å². The molecule has 4 aliphatic heterocycles. The van der Waals surface area contributed by atoms with Gasteiger partial charge in [-0.2, -0.15) is 8.42 Å². The van der Waals surface area contributed by atoms with Crippen LogP contribution in [0, 0.1) is 6.92 Å². The molecule has 2 fully saturated rings. The highest BCUT2D eigenvalue weighted by atomic mass is 32.2. The summed E-state index contributed by atoms with van der Waals surface area (Å²) in [6.07, 6.45) is 6.56. The maximum Gasteiger partial charge on any atom is 0.296 e. The third kappa shape index (κ3) is 5.51. The van der Waals surface area contributed by atoms with Gasteiger partial charge in [-0.05, 0) is 92.6 Å². The molecule has 0 unspecified atom stereocenters. The van der Waals surface area contributed by atoms with E-state index in [1.165, 1.54) is 9.80 Å². The zero-order valence-corrected chi connectivity index (χ0v) is 33.5. The van der Waals surface area contributed by atoms with E-state index >= 15 is 0 Å². The summed E-state index contributed by atoms with van der Waals surface area (Å²) in [7, 11) is -2.30. The molecular weight excluding hydrogens is 753 g/mol. The Morgan fingerprint density at radius 3 is 1.60 bits per heavy atom. The number of unbranched alkanes of at least 4 members (excludes halogenated alkanes) is 3. The molecule has 0 aliphatic carbocycles. The van der Waals surface area contributed by atoms with Crippen molar-refractivity contribution < 1.29 is 31.8 Å². The number of amides is 4. The quantitative estimate of drug-likeness (QED) is 0.0421. The first kappa shape index (κ1) is 36.7. The predicted molar refractivity (Wildman–Crippen MR) is 225 cm³/mol. The molecule has 0 bridgehead atoms. The van der Waals surface area contributed by atoms with Crippen molar-refractivity contribution >= 4 is 88.2 Å². The van der Waals surface area contributed by atoms with Crippen molar-refractivity contribution in [3.05, 3.63) is 88.5 Å². The first-order chi connectivity index (χ1) is 28.0. The van der Waals surface area contributed by atoms with Crippen molar-refractivity contribution in [1.29, 1.82) is 0 Å². The molecule has 11 nitrogen and oxygen atoms in total. The van der Waals surface area contributed by atoms with Crippen LogP contribution in [0.5, 0.6) is 0 Å².